The van der Waals surface area contributed by atoms with Crippen LogP contribution in [-0.2, 0) is 11.4 Å². The first kappa shape index (κ1) is 17.5. The molecule has 0 radical (unpaired) electrons. The summed E-state index contributed by atoms with van der Waals surface area (Å²) in [5, 5.41) is 0. The molecule has 2 rings (SSSR count). The molecule has 0 fully saturated rings. The van der Waals surface area contributed by atoms with Gasteiger partial charge in [0.15, 0.2) is 5.76 Å². The van der Waals surface area contributed by atoms with Crippen LogP contribution in [0.15, 0.2) is 40.8 Å². The summed E-state index contributed by atoms with van der Waals surface area (Å²) in [7, 11) is 0. The third kappa shape index (κ3) is 4.58. The van der Waals surface area contributed by atoms with Gasteiger partial charge in [-0.1, -0.05) is 0 Å². The van der Waals surface area contributed by atoms with Crippen molar-refractivity contribution in [3.63, 3.8) is 0 Å². The average Bonchev–Trinajstić information content (AvgIpc) is 3.00. The van der Waals surface area contributed by atoms with Crippen LogP contribution in [0.5, 0.6) is 5.75 Å². The fourth-order valence-corrected chi connectivity index (χ4v) is 2.05. The highest BCUT2D eigenvalue weighted by Gasteiger charge is 2.23. The molecule has 0 aliphatic heterocycles. The Labute approximate surface area is 139 Å². The first-order valence-corrected chi connectivity index (χ1v) is 7.43. The van der Waals surface area contributed by atoms with Crippen LogP contribution in [0.4, 0.5) is 4.39 Å². The standard InChI is InChI=1S/C17H19FN2O4/c1-11(2)20(9-16(19)21)17(22)15-8-7-14(24-15)10-23-13-5-3-12(18)4-6-13/h3-8,11H,9-10H2,1-2H3,(H2,19,21). The molecule has 0 aliphatic carbocycles. The van der Waals surface area contributed by atoms with E-state index in [0.29, 0.717) is 11.5 Å². The molecule has 2 aromatic rings. The van der Waals surface area contributed by atoms with Gasteiger partial charge >= 0.3 is 0 Å². The number of nitrogens with two attached hydrogens (primary N) is 1. The number of amides is 2. The quantitative estimate of drug-likeness (QED) is 0.842. The Kier molecular flexibility index (Phi) is 5.57. The Morgan fingerprint density at radius 1 is 1.21 bits per heavy atom. The zero-order chi connectivity index (χ0) is 17.7. The van der Waals surface area contributed by atoms with Crippen molar-refractivity contribution in [1.82, 2.24) is 4.90 Å². The summed E-state index contributed by atoms with van der Waals surface area (Å²) in [5.41, 5.74) is 5.16. The molecule has 1 heterocycles. The maximum atomic E-state index is 12.8. The molecule has 1 aromatic carbocycles. The molecule has 1 aromatic heterocycles. The average molecular weight is 334 g/mol. The molecule has 0 spiro atoms. The minimum Gasteiger partial charge on any atom is -0.486 e. The fourth-order valence-electron chi connectivity index (χ4n) is 2.05. The molecule has 0 bridgehead atoms. The predicted molar refractivity (Wildman–Crippen MR) is 84.8 cm³/mol. The summed E-state index contributed by atoms with van der Waals surface area (Å²) >= 11 is 0. The highest BCUT2D eigenvalue weighted by atomic mass is 19.1. The molecule has 2 N–H and O–H groups in total. The van der Waals surface area contributed by atoms with E-state index >= 15 is 0 Å². The summed E-state index contributed by atoms with van der Waals surface area (Å²) in [5.74, 6) is -0.344. The number of rotatable bonds is 7. The summed E-state index contributed by atoms with van der Waals surface area (Å²) in [6.07, 6.45) is 0. The van der Waals surface area contributed by atoms with E-state index in [0.717, 1.165) is 0 Å². The molecule has 0 saturated carbocycles. The zero-order valence-corrected chi connectivity index (χ0v) is 13.5. The molecule has 0 unspecified atom stereocenters. The SMILES string of the molecule is CC(C)N(CC(N)=O)C(=O)c1ccc(COc2ccc(F)cc2)o1. The van der Waals surface area contributed by atoms with Crippen molar-refractivity contribution in [2.75, 3.05) is 6.54 Å². The fraction of sp³-hybridized carbons (Fsp3) is 0.294. The Bertz CT molecular complexity index is 710. The number of hydrogen-bond donors (Lipinski definition) is 1. The van der Waals surface area contributed by atoms with Crippen molar-refractivity contribution in [1.29, 1.82) is 0 Å². The highest BCUT2D eigenvalue weighted by molar-refractivity contribution is 5.94. The van der Waals surface area contributed by atoms with Crippen LogP contribution in [0.25, 0.3) is 0 Å². The molecule has 7 heteroatoms. The second-order valence-corrected chi connectivity index (χ2v) is 5.50. The van der Waals surface area contributed by atoms with E-state index in [1.54, 1.807) is 19.9 Å². The van der Waals surface area contributed by atoms with Crippen molar-refractivity contribution >= 4 is 11.8 Å². The number of halogens is 1. The lowest BCUT2D eigenvalue weighted by atomic mass is 10.2. The van der Waals surface area contributed by atoms with Gasteiger partial charge in [-0.3, -0.25) is 9.59 Å². The van der Waals surface area contributed by atoms with Crippen LogP contribution in [0.1, 0.15) is 30.2 Å². The second-order valence-electron chi connectivity index (χ2n) is 5.50. The summed E-state index contributed by atoms with van der Waals surface area (Å²) in [6, 6.07) is 8.50. The number of carbonyl (C=O) groups excluding carboxylic acids is 2. The van der Waals surface area contributed by atoms with Gasteiger partial charge in [0.05, 0.1) is 6.54 Å². The van der Waals surface area contributed by atoms with E-state index in [1.807, 2.05) is 0 Å². The number of carbonyl (C=O) groups is 2. The van der Waals surface area contributed by atoms with Crippen LogP contribution in [-0.4, -0.2) is 29.3 Å². The lowest BCUT2D eigenvalue weighted by Gasteiger charge is -2.24. The topological polar surface area (TPSA) is 85.8 Å². The van der Waals surface area contributed by atoms with E-state index in [4.69, 9.17) is 14.9 Å². The van der Waals surface area contributed by atoms with Crippen molar-refractivity contribution in [2.45, 2.75) is 26.5 Å². The molecule has 0 saturated heterocycles. The van der Waals surface area contributed by atoms with Crippen molar-refractivity contribution in [2.24, 2.45) is 5.73 Å². The predicted octanol–water partition coefficient (Wildman–Crippen LogP) is 2.33. The maximum absolute atomic E-state index is 12.8. The Morgan fingerprint density at radius 2 is 1.88 bits per heavy atom. The normalized spacial score (nSPS) is 10.7. The van der Waals surface area contributed by atoms with Crippen LogP contribution >= 0.6 is 0 Å². The lowest BCUT2D eigenvalue weighted by Crippen LogP contribution is -2.42. The van der Waals surface area contributed by atoms with Crippen LogP contribution in [0, 0.1) is 5.82 Å². The van der Waals surface area contributed by atoms with E-state index < -0.39 is 11.8 Å². The summed E-state index contributed by atoms with van der Waals surface area (Å²) in [6.45, 7) is 3.47. The molecule has 0 aliphatic rings. The summed E-state index contributed by atoms with van der Waals surface area (Å²) < 4.78 is 23.7. The van der Waals surface area contributed by atoms with Crippen LogP contribution in [0.3, 0.4) is 0 Å². The summed E-state index contributed by atoms with van der Waals surface area (Å²) in [4.78, 5) is 24.8. The lowest BCUT2D eigenvalue weighted by molar-refractivity contribution is -0.119. The third-order valence-corrected chi connectivity index (χ3v) is 3.28. The van der Waals surface area contributed by atoms with Gasteiger partial charge in [-0.2, -0.15) is 0 Å². The van der Waals surface area contributed by atoms with Crippen molar-refractivity contribution < 1.29 is 23.1 Å². The number of furan rings is 1. The van der Waals surface area contributed by atoms with Gasteiger partial charge in [-0.15, -0.1) is 0 Å². The minimum atomic E-state index is -0.594. The number of hydrogen-bond acceptors (Lipinski definition) is 4. The van der Waals surface area contributed by atoms with E-state index in [9.17, 15) is 14.0 Å². The number of benzene rings is 1. The van der Waals surface area contributed by atoms with Crippen molar-refractivity contribution in [3.8, 4) is 5.75 Å². The Morgan fingerprint density at radius 3 is 2.46 bits per heavy atom. The number of primary amides is 1. The highest BCUT2D eigenvalue weighted by Crippen LogP contribution is 2.16. The van der Waals surface area contributed by atoms with Crippen molar-refractivity contribution in [3.05, 3.63) is 53.7 Å². The Balaban J connectivity index is 2.02. The molecule has 24 heavy (non-hydrogen) atoms. The number of nitrogens with zero attached hydrogens (tertiary/aromatic N) is 1. The molecular formula is C17H19FN2O4. The van der Waals surface area contributed by atoms with Gasteiger partial charge in [0.2, 0.25) is 5.91 Å². The van der Waals surface area contributed by atoms with Crippen LogP contribution in [0.2, 0.25) is 0 Å². The third-order valence-electron chi connectivity index (χ3n) is 3.28. The minimum absolute atomic E-state index is 0.0937. The molecule has 0 atom stereocenters. The maximum Gasteiger partial charge on any atom is 0.290 e. The monoisotopic (exact) mass is 334 g/mol. The number of ether oxygens (including phenoxy) is 1. The Hall–Kier alpha value is -2.83. The van der Waals surface area contributed by atoms with E-state index in [2.05, 4.69) is 0 Å². The van der Waals surface area contributed by atoms with Gasteiger partial charge in [0, 0.05) is 6.04 Å². The van der Waals surface area contributed by atoms with Gasteiger partial charge in [-0.05, 0) is 50.2 Å². The van der Waals surface area contributed by atoms with Gasteiger partial charge in [-0.25, -0.2) is 4.39 Å². The zero-order valence-electron chi connectivity index (χ0n) is 13.5. The first-order valence-electron chi connectivity index (χ1n) is 7.43. The van der Waals surface area contributed by atoms with Gasteiger partial charge < -0.3 is 19.8 Å². The molecular weight excluding hydrogens is 315 g/mol. The van der Waals surface area contributed by atoms with E-state index in [-0.39, 0.29) is 30.8 Å². The van der Waals surface area contributed by atoms with Gasteiger partial charge in [0.1, 0.15) is 23.9 Å². The molecule has 128 valence electrons. The first-order chi connectivity index (χ1) is 11.4. The molecule has 6 nitrogen and oxygen atoms in total. The molecule has 2 amide bonds. The van der Waals surface area contributed by atoms with Crippen LogP contribution < -0.4 is 10.5 Å². The largest absolute Gasteiger partial charge is 0.486 e. The van der Waals surface area contributed by atoms with E-state index in [1.165, 1.54) is 35.2 Å². The smallest absolute Gasteiger partial charge is 0.290 e. The van der Waals surface area contributed by atoms with Gasteiger partial charge in [0.25, 0.3) is 5.91 Å². The second kappa shape index (κ2) is 7.63.